The first-order chi connectivity index (χ1) is 20.1. The predicted octanol–water partition coefficient (Wildman–Crippen LogP) is 8.92. The molecule has 0 aliphatic heterocycles. The van der Waals surface area contributed by atoms with Crippen molar-refractivity contribution in [2.24, 2.45) is 0 Å². The molecule has 5 aromatic rings. The van der Waals surface area contributed by atoms with Gasteiger partial charge in [-0.15, -0.1) is 0 Å². The third kappa shape index (κ3) is 4.04. The molecule has 1 heterocycles. The summed E-state index contributed by atoms with van der Waals surface area (Å²) in [6.45, 7) is 4.40. The minimum absolute atomic E-state index is 0.142. The van der Waals surface area contributed by atoms with Crippen molar-refractivity contribution in [2.45, 2.75) is 38.5 Å². The van der Waals surface area contributed by atoms with Crippen LogP contribution in [0, 0.1) is 10.1 Å². The summed E-state index contributed by atoms with van der Waals surface area (Å²) in [4.78, 5) is 20.4. The molecule has 2 atom stereocenters. The van der Waals surface area contributed by atoms with Crippen molar-refractivity contribution in [1.82, 2.24) is 9.97 Å². The highest BCUT2D eigenvalue weighted by molar-refractivity contribution is 5.85. The van der Waals surface area contributed by atoms with Gasteiger partial charge in [-0.05, 0) is 81.6 Å². The lowest BCUT2D eigenvalue weighted by Crippen LogP contribution is -2.06. The van der Waals surface area contributed by atoms with Gasteiger partial charge < -0.3 is 10.6 Å². The van der Waals surface area contributed by atoms with Crippen molar-refractivity contribution in [3.63, 3.8) is 0 Å². The van der Waals surface area contributed by atoms with Crippen molar-refractivity contribution in [3.05, 3.63) is 124 Å². The molecule has 0 bridgehead atoms. The molecule has 1 aromatic heterocycles. The molecule has 0 saturated carbocycles. The van der Waals surface area contributed by atoms with Gasteiger partial charge in [0.05, 0.1) is 4.92 Å². The molecule has 0 fully saturated rings. The number of nitrogens with zero attached hydrogens (tertiary/aromatic N) is 3. The van der Waals surface area contributed by atoms with Crippen molar-refractivity contribution < 1.29 is 4.92 Å². The third-order valence-electron chi connectivity index (χ3n) is 8.46. The van der Waals surface area contributed by atoms with Gasteiger partial charge in [-0.3, -0.25) is 10.1 Å². The Morgan fingerprint density at radius 2 is 1.10 bits per heavy atom. The largest absolute Gasteiger partial charge is 0.353 e. The molecule has 0 spiro atoms. The number of anilines is 4. The van der Waals surface area contributed by atoms with E-state index in [9.17, 15) is 10.1 Å². The highest BCUT2D eigenvalue weighted by Gasteiger charge is 2.30. The Morgan fingerprint density at radius 1 is 0.659 bits per heavy atom. The van der Waals surface area contributed by atoms with E-state index in [1.54, 1.807) is 0 Å². The van der Waals surface area contributed by atoms with Gasteiger partial charge in [-0.25, -0.2) is 9.97 Å². The number of aromatic nitrogens is 2. The molecular formula is C34H29N5O2. The predicted molar refractivity (Wildman–Crippen MR) is 163 cm³/mol. The summed E-state index contributed by atoms with van der Waals surface area (Å²) in [5.74, 6) is 0.990. The van der Waals surface area contributed by atoms with Crippen LogP contribution in [-0.4, -0.2) is 14.9 Å². The summed E-state index contributed by atoms with van der Waals surface area (Å²) in [7, 11) is 0. The molecule has 2 aliphatic rings. The molecule has 202 valence electrons. The van der Waals surface area contributed by atoms with E-state index in [1.165, 1.54) is 39.7 Å². The van der Waals surface area contributed by atoms with E-state index in [4.69, 9.17) is 0 Å². The molecule has 7 nitrogen and oxygen atoms in total. The van der Waals surface area contributed by atoms with Gasteiger partial charge in [0, 0.05) is 23.2 Å². The molecule has 7 rings (SSSR count). The highest BCUT2D eigenvalue weighted by atomic mass is 16.6. The first kappa shape index (κ1) is 25.0. The van der Waals surface area contributed by atoms with Crippen LogP contribution < -0.4 is 10.6 Å². The fourth-order valence-corrected chi connectivity index (χ4v) is 6.66. The maximum Gasteiger partial charge on any atom is 0.353 e. The van der Waals surface area contributed by atoms with Crippen LogP contribution in [0.2, 0.25) is 0 Å². The van der Waals surface area contributed by atoms with Crippen molar-refractivity contribution >= 4 is 28.7 Å². The average Bonchev–Trinajstić information content (AvgIpc) is 3.48. The lowest BCUT2D eigenvalue weighted by Gasteiger charge is -2.13. The molecule has 2 unspecified atom stereocenters. The van der Waals surface area contributed by atoms with E-state index in [1.807, 2.05) is 24.3 Å². The molecule has 0 saturated heterocycles. The van der Waals surface area contributed by atoms with E-state index >= 15 is 0 Å². The smallest absolute Gasteiger partial charge is 0.334 e. The molecular weight excluding hydrogens is 510 g/mol. The van der Waals surface area contributed by atoms with Crippen LogP contribution >= 0.6 is 0 Å². The summed E-state index contributed by atoms with van der Waals surface area (Å²) in [5.41, 5.74) is 11.2. The molecule has 0 radical (unpaired) electrons. The van der Waals surface area contributed by atoms with E-state index in [0.717, 1.165) is 35.3 Å². The third-order valence-corrected chi connectivity index (χ3v) is 8.46. The molecule has 41 heavy (non-hydrogen) atoms. The van der Waals surface area contributed by atoms with E-state index in [2.05, 4.69) is 95.1 Å². The topological polar surface area (TPSA) is 93.0 Å². The maximum atomic E-state index is 12.3. The summed E-state index contributed by atoms with van der Waals surface area (Å²) < 4.78 is 0. The summed E-state index contributed by atoms with van der Waals surface area (Å²) >= 11 is 0. The Hall–Kier alpha value is -5.04. The highest BCUT2D eigenvalue weighted by Crippen LogP contribution is 2.49. The normalized spacial score (nSPS) is 16.0. The minimum Gasteiger partial charge on any atom is -0.334 e. The number of hydrogen-bond acceptors (Lipinski definition) is 6. The van der Waals surface area contributed by atoms with Gasteiger partial charge in [0.15, 0.2) is 0 Å². The monoisotopic (exact) mass is 539 g/mol. The van der Waals surface area contributed by atoms with E-state index in [0.29, 0.717) is 11.8 Å². The summed E-state index contributed by atoms with van der Waals surface area (Å²) in [5, 5.41) is 18.8. The molecule has 2 aliphatic carbocycles. The van der Waals surface area contributed by atoms with E-state index < -0.39 is 4.92 Å². The molecule has 4 aromatic carbocycles. The Bertz CT molecular complexity index is 1710. The Balaban J connectivity index is 1.23. The second kappa shape index (κ2) is 9.86. The van der Waals surface area contributed by atoms with Gasteiger partial charge in [0.2, 0.25) is 11.6 Å². The average molecular weight is 540 g/mol. The quantitative estimate of drug-likeness (QED) is 0.158. The number of nitro groups is 1. The second-order valence-electron chi connectivity index (χ2n) is 10.6. The lowest BCUT2D eigenvalue weighted by atomic mass is 9.94. The molecule has 0 amide bonds. The van der Waals surface area contributed by atoms with Crippen LogP contribution in [-0.2, 0) is 0 Å². The standard InChI is InChI=1S/C34H29N5O2/c1-3-22-24-9-5-7-11-26(24)30-17-20(13-15-28(22)30)37-33-32(39(40)41)34(36-19-35-33)38-21-14-16-29-23(4-2)25-10-6-8-12-27(25)31(29)18-21/h5-19,22-23H,3-4H2,1-2H3,(H2,35,36,37,38). The molecule has 2 N–H and O–H groups in total. The first-order valence-corrected chi connectivity index (χ1v) is 14.1. The Morgan fingerprint density at radius 3 is 1.54 bits per heavy atom. The Labute approximate surface area is 238 Å². The van der Waals surface area contributed by atoms with Crippen molar-refractivity contribution in [1.29, 1.82) is 0 Å². The number of rotatable bonds is 7. The summed E-state index contributed by atoms with van der Waals surface area (Å²) in [6.07, 6.45) is 3.37. The second-order valence-corrected chi connectivity index (χ2v) is 10.6. The zero-order valence-electron chi connectivity index (χ0n) is 22.9. The van der Waals surface area contributed by atoms with Gasteiger partial charge in [-0.2, -0.15) is 0 Å². The van der Waals surface area contributed by atoms with Gasteiger partial charge >= 0.3 is 5.69 Å². The zero-order chi connectivity index (χ0) is 28.1. The number of benzene rings is 4. The van der Waals surface area contributed by atoms with Gasteiger partial charge in [-0.1, -0.05) is 74.5 Å². The van der Waals surface area contributed by atoms with Crippen molar-refractivity contribution in [3.8, 4) is 22.3 Å². The fourth-order valence-electron chi connectivity index (χ4n) is 6.66. The Kier molecular flexibility index (Phi) is 6.00. The van der Waals surface area contributed by atoms with Gasteiger partial charge in [0.25, 0.3) is 0 Å². The first-order valence-electron chi connectivity index (χ1n) is 14.1. The number of hydrogen-bond donors (Lipinski definition) is 2. The van der Waals surface area contributed by atoms with Crippen LogP contribution in [0.5, 0.6) is 0 Å². The van der Waals surface area contributed by atoms with Crippen LogP contribution in [0.3, 0.4) is 0 Å². The fraction of sp³-hybridized carbons (Fsp3) is 0.176. The molecule has 7 heteroatoms. The van der Waals surface area contributed by atoms with Crippen LogP contribution in [0.4, 0.5) is 28.7 Å². The summed E-state index contributed by atoms with van der Waals surface area (Å²) in [6, 6.07) is 29.2. The minimum atomic E-state index is -0.434. The number of fused-ring (bicyclic) bond motifs is 6. The van der Waals surface area contributed by atoms with Crippen LogP contribution in [0.1, 0.15) is 60.8 Å². The van der Waals surface area contributed by atoms with Gasteiger partial charge in [0.1, 0.15) is 6.33 Å². The van der Waals surface area contributed by atoms with E-state index in [-0.39, 0.29) is 17.3 Å². The van der Waals surface area contributed by atoms with Crippen LogP contribution in [0.25, 0.3) is 22.3 Å². The maximum absolute atomic E-state index is 12.3. The number of nitrogens with one attached hydrogen (secondary N) is 2. The van der Waals surface area contributed by atoms with Crippen molar-refractivity contribution in [2.75, 3.05) is 10.6 Å². The zero-order valence-corrected chi connectivity index (χ0v) is 22.9. The lowest BCUT2D eigenvalue weighted by molar-refractivity contribution is -0.383. The van der Waals surface area contributed by atoms with Crippen LogP contribution in [0.15, 0.2) is 91.3 Å². The SMILES string of the molecule is CCC1c2ccccc2-c2cc(Nc3ncnc(Nc4ccc5c(c4)-c4ccccc4C5CC)c3[N+](=O)[O-])ccc21.